The van der Waals surface area contributed by atoms with Crippen LogP contribution in [0.5, 0.6) is 0 Å². The van der Waals surface area contributed by atoms with Crippen LogP contribution >= 0.6 is 0 Å². The van der Waals surface area contributed by atoms with E-state index < -0.39 is 0 Å². The van der Waals surface area contributed by atoms with Gasteiger partial charge in [-0.1, -0.05) is 11.2 Å². The zero-order valence-electron chi connectivity index (χ0n) is 10.6. The van der Waals surface area contributed by atoms with Crippen molar-refractivity contribution < 1.29 is 4.52 Å². The number of pyridine rings is 1. The van der Waals surface area contributed by atoms with Crippen molar-refractivity contribution in [2.24, 2.45) is 0 Å². The van der Waals surface area contributed by atoms with Crippen LogP contribution in [0.4, 0.5) is 0 Å². The van der Waals surface area contributed by atoms with Crippen molar-refractivity contribution in [1.29, 1.82) is 0 Å². The number of nitrogens with one attached hydrogen (secondary N) is 1. The Hall–Kier alpha value is -2.27. The summed E-state index contributed by atoms with van der Waals surface area (Å²) in [6, 6.07) is 9.89. The molecule has 2 aromatic heterocycles. The van der Waals surface area contributed by atoms with Gasteiger partial charge in [-0.3, -0.25) is 4.98 Å². The number of hydrogen-bond donors (Lipinski definition) is 1. The van der Waals surface area contributed by atoms with Crippen LogP contribution in [0.25, 0.3) is 22.3 Å². The fraction of sp³-hybridized carbons (Fsp3) is 0.214. The normalized spacial score (nSPS) is 11.0. The van der Waals surface area contributed by atoms with Crippen molar-refractivity contribution in [2.75, 3.05) is 13.6 Å². The van der Waals surface area contributed by atoms with E-state index in [9.17, 15) is 0 Å². The van der Waals surface area contributed by atoms with Crippen molar-refractivity contribution in [2.45, 2.75) is 6.42 Å². The Morgan fingerprint density at radius 2 is 2.21 bits per heavy atom. The topological polar surface area (TPSA) is 63.8 Å². The van der Waals surface area contributed by atoms with E-state index in [0.717, 1.165) is 29.4 Å². The lowest BCUT2D eigenvalue weighted by molar-refractivity contribution is 0.377. The van der Waals surface area contributed by atoms with Crippen LogP contribution < -0.4 is 5.32 Å². The summed E-state index contributed by atoms with van der Waals surface area (Å²) >= 11 is 0. The second-order valence-corrected chi connectivity index (χ2v) is 4.28. The van der Waals surface area contributed by atoms with E-state index >= 15 is 0 Å². The van der Waals surface area contributed by atoms with Crippen molar-refractivity contribution in [3.05, 3.63) is 42.4 Å². The fourth-order valence-electron chi connectivity index (χ4n) is 1.92. The highest BCUT2D eigenvalue weighted by Gasteiger charge is 2.08. The third kappa shape index (κ3) is 2.46. The molecule has 2 heterocycles. The van der Waals surface area contributed by atoms with Crippen LogP contribution in [-0.4, -0.2) is 28.7 Å². The SMILES string of the molecule is CNCCc1nc(-c2ccc3ncccc3c2)no1. The van der Waals surface area contributed by atoms with Crippen LogP contribution in [0.3, 0.4) is 0 Å². The minimum atomic E-state index is 0.622. The molecule has 3 rings (SSSR count). The van der Waals surface area contributed by atoms with Crippen molar-refractivity contribution in [1.82, 2.24) is 20.4 Å². The van der Waals surface area contributed by atoms with Gasteiger partial charge < -0.3 is 9.84 Å². The van der Waals surface area contributed by atoms with E-state index in [4.69, 9.17) is 4.52 Å². The van der Waals surface area contributed by atoms with E-state index in [1.165, 1.54) is 0 Å². The Morgan fingerprint density at radius 1 is 1.26 bits per heavy atom. The number of aromatic nitrogens is 3. The molecule has 0 radical (unpaired) electrons. The molecule has 0 bridgehead atoms. The van der Waals surface area contributed by atoms with Crippen LogP contribution in [-0.2, 0) is 6.42 Å². The summed E-state index contributed by atoms with van der Waals surface area (Å²) in [5.41, 5.74) is 1.91. The lowest BCUT2D eigenvalue weighted by Crippen LogP contribution is -2.10. The monoisotopic (exact) mass is 254 g/mol. The third-order valence-corrected chi connectivity index (χ3v) is 2.92. The molecule has 0 amide bonds. The minimum absolute atomic E-state index is 0.622. The highest BCUT2D eigenvalue weighted by molar-refractivity contribution is 5.82. The minimum Gasteiger partial charge on any atom is -0.339 e. The molecule has 19 heavy (non-hydrogen) atoms. The molecule has 0 aliphatic heterocycles. The van der Waals surface area contributed by atoms with Gasteiger partial charge in [-0.25, -0.2) is 0 Å². The Morgan fingerprint density at radius 3 is 3.11 bits per heavy atom. The largest absolute Gasteiger partial charge is 0.339 e. The van der Waals surface area contributed by atoms with Crippen LogP contribution in [0.2, 0.25) is 0 Å². The molecule has 5 nitrogen and oxygen atoms in total. The molecule has 0 aliphatic rings. The molecule has 1 N–H and O–H groups in total. The predicted octanol–water partition coefficient (Wildman–Crippen LogP) is 2.05. The molecule has 0 saturated heterocycles. The third-order valence-electron chi connectivity index (χ3n) is 2.92. The summed E-state index contributed by atoms with van der Waals surface area (Å²) in [5.74, 6) is 1.27. The number of nitrogens with zero attached hydrogens (tertiary/aromatic N) is 3. The molecule has 5 heteroatoms. The maximum Gasteiger partial charge on any atom is 0.228 e. The summed E-state index contributed by atoms with van der Waals surface area (Å²) in [7, 11) is 1.90. The zero-order valence-corrected chi connectivity index (χ0v) is 10.6. The van der Waals surface area contributed by atoms with Crippen molar-refractivity contribution in [3.63, 3.8) is 0 Å². The summed E-state index contributed by atoms with van der Waals surface area (Å²) < 4.78 is 5.22. The zero-order chi connectivity index (χ0) is 13.1. The van der Waals surface area contributed by atoms with Gasteiger partial charge in [0.2, 0.25) is 11.7 Å². The average molecular weight is 254 g/mol. The van der Waals surface area contributed by atoms with E-state index in [1.807, 2.05) is 37.4 Å². The molecule has 0 unspecified atom stereocenters. The number of benzene rings is 1. The fourth-order valence-corrected chi connectivity index (χ4v) is 1.92. The second kappa shape index (κ2) is 5.16. The lowest BCUT2D eigenvalue weighted by Gasteiger charge is -1.98. The van der Waals surface area contributed by atoms with E-state index in [1.54, 1.807) is 6.20 Å². The van der Waals surface area contributed by atoms with Gasteiger partial charge in [0.1, 0.15) is 0 Å². The highest BCUT2D eigenvalue weighted by Crippen LogP contribution is 2.21. The second-order valence-electron chi connectivity index (χ2n) is 4.28. The molecular weight excluding hydrogens is 240 g/mol. The highest BCUT2D eigenvalue weighted by atomic mass is 16.5. The molecule has 96 valence electrons. The lowest BCUT2D eigenvalue weighted by atomic mass is 10.1. The molecule has 0 aliphatic carbocycles. The first-order valence-electron chi connectivity index (χ1n) is 6.19. The van der Waals surface area contributed by atoms with Gasteiger partial charge in [-0.05, 0) is 31.3 Å². The Bertz CT molecular complexity index is 692. The molecule has 0 atom stereocenters. The number of fused-ring (bicyclic) bond motifs is 1. The summed E-state index contributed by atoms with van der Waals surface area (Å²) in [4.78, 5) is 8.68. The van der Waals surface area contributed by atoms with Crippen molar-refractivity contribution in [3.8, 4) is 11.4 Å². The van der Waals surface area contributed by atoms with E-state index in [2.05, 4.69) is 20.4 Å². The molecule has 0 spiro atoms. The Balaban J connectivity index is 1.92. The quantitative estimate of drug-likeness (QED) is 0.772. The summed E-state index contributed by atoms with van der Waals surface area (Å²) in [6.45, 7) is 0.823. The van der Waals surface area contributed by atoms with Crippen LogP contribution in [0.1, 0.15) is 5.89 Å². The first-order valence-corrected chi connectivity index (χ1v) is 6.19. The molecular formula is C14H14N4O. The first kappa shape index (κ1) is 11.8. The van der Waals surface area contributed by atoms with E-state index in [-0.39, 0.29) is 0 Å². The molecule has 3 aromatic rings. The average Bonchev–Trinajstić information content (AvgIpc) is 2.93. The van der Waals surface area contributed by atoms with Crippen LogP contribution in [0, 0.1) is 0 Å². The van der Waals surface area contributed by atoms with Gasteiger partial charge in [0.15, 0.2) is 0 Å². The van der Waals surface area contributed by atoms with E-state index in [0.29, 0.717) is 11.7 Å². The number of hydrogen-bond acceptors (Lipinski definition) is 5. The number of rotatable bonds is 4. The Kier molecular flexibility index (Phi) is 3.20. The van der Waals surface area contributed by atoms with Gasteiger partial charge in [0.05, 0.1) is 5.52 Å². The summed E-state index contributed by atoms with van der Waals surface area (Å²) in [5, 5.41) is 8.14. The summed E-state index contributed by atoms with van der Waals surface area (Å²) in [6.07, 6.45) is 2.52. The Labute approximate surface area is 110 Å². The van der Waals surface area contributed by atoms with Gasteiger partial charge in [-0.2, -0.15) is 4.98 Å². The van der Waals surface area contributed by atoms with Crippen molar-refractivity contribution >= 4 is 10.9 Å². The predicted molar refractivity (Wildman–Crippen MR) is 72.7 cm³/mol. The smallest absolute Gasteiger partial charge is 0.228 e. The standard InChI is InChI=1S/C14H14N4O/c1-15-8-6-13-17-14(18-19-13)11-4-5-12-10(9-11)3-2-7-16-12/h2-5,7,9,15H,6,8H2,1H3. The van der Waals surface area contributed by atoms with Crippen LogP contribution in [0.15, 0.2) is 41.1 Å². The van der Waals surface area contributed by atoms with Gasteiger partial charge in [-0.15, -0.1) is 0 Å². The first-order chi connectivity index (χ1) is 9.36. The molecule has 0 saturated carbocycles. The molecule has 0 fully saturated rings. The maximum absolute atomic E-state index is 5.22. The number of likely N-dealkylation sites (N-methyl/N-ethyl adjacent to an activating group) is 1. The maximum atomic E-state index is 5.22. The van der Waals surface area contributed by atoms with Gasteiger partial charge in [0, 0.05) is 30.1 Å². The van der Waals surface area contributed by atoms with Gasteiger partial charge in [0.25, 0.3) is 0 Å². The van der Waals surface area contributed by atoms with Gasteiger partial charge >= 0.3 is 0 Å². The molecule has 1 aromatic carbocycles.